The molecule has 5 rings (SSSR count). The SMILES string of the molecule is COc1ccc(S(=O)(=O)CCOC2CCCCO2)cc1-c1cn(C)c(=O)c2ccc(-c3cn[nH]c3C)cc12. The number of aryl methyl sites for hydroxylation is 2. The number of sulfone groups is 1. The fourth-order valence-corrected chi connectivity index (χ4v) is 5.95. The van der Waals surface area contributed by atoms with E-state index in [0.717, 1.165) is 36.1 Å². The minimum absolute atomic E-state index is 0.0462. The van der Waals surface area contributed by atoms with E-state index in [1.165, 1.54) is 11.7 Å². The number of H-pyrrole nitrogens is 1. The first-order valence-corrected chi connectivity index (χ1v) is 14.2. The minimum Gasteiger partial charge on any atom is -0.496 e. The molecule has 2 aromatic heterocycles. The Morgan fingerprint density at radius 3 is 2.66 bits per heavy atom. The number of nitrogens with one attached hydrogen (secondary N) is 1. The van der Waals surface area contributed by atoms with E-state index < -0.39 is 9.84 Å². The highest BCUT2D eigenvalue weighted by Gasteiger charge is 2.22. The number of methoxy groups -OCH3 is 1. The third-order valence-electron chi connectivity index (χ3n) is 6.94. The van der Waals surface area contributed by atoms with E-state index in [1.54, 1.807) is 43.7 Å². The fourth-order valence-electron chi connectivity index (χ4n) is 4.83. The lowest BCUT2D eigenvalue weighted by atomic mass is 9.96. The first-order valence-electron chi connectivity index (χ1n) is 12.6. The van der Waals surface area contributed by atoms with Crippen LogP contribution in [0.25, 0.3) is 33.0 Å². The highest BCUT2D eigenvalue weighted by atomic mass is 32.2. The van der Waals surface area contributed by atoms with Gasteiger partial charge in [-0.1, -0.05) is 6.07 Å². The van der Waals surface area contributed by atoms with Crippen molar-refractivity contribution in [2.24, 2.45) is 7.05 Å². The summed E-state index contributed by atoms with van der Waals surface area (Å²) in [5.41, 5.74) is 3.83. The fraction of sp³-hybridized carbons (Fsp3) is 0.357. The van der Waals surface area contributed by atoms with Gasteiger partial charge in [0.2, 0.25) is 0 Å². The third kappa shape index (κ3) is 5.11. The minimum atomic E-state index is -3.65. The van der Waals surface area contributed by atoms with Crippen LogP contribution in [0.1, 0.15) is 25.0 Å². The lowest BCUT2D eigenvalue weighted by molar-refractivity contribution is -0.158. The Morgan fingerprint density at radius 2 is 1.95 bits per heavy atom. The summed E-state index contributed by atoms with van der Waals surface area (Å²) in [5, 5.41) is 8.27. The molecule has 3 heterocycles. The molecule has 0 aliphatic carbocycles. The van der Waals surface area contributed by atoms with E-state index in [9.17, 15) is 13.2 Å². The molecule has 4 aromatic rings. The number of ether oxygens (including phenoxy) is 3. The van der Waals surface area contributed by atoms with E-state index in [4.69, 9.17) is 14.2 Å². The van der Waals surface area contributed by atoms with Crippen LogP contribution < -0.4 is 10.3 Å². The number of hydrogen-bond acceptors (Lipinski definition) is 7. The molecule has 0 spiro atoms. The van der Waals surface area contributed by atoms with Crippen molar-refractivity contribution in [3.63, 3.8) is 0 Å². The van der Waals surface area contributed by atoms with Gasteiger partial charge in [-0.05, 0) is 67.5 Å². The average molecular weight is 538 g/mol. The predicted octanol–water partition coefficient (Wildman–Crippen LogP) is 4.23. The molecule has 0 radical (unpaired) electrons. The van der Waals surface area contributed by atoms with Crippen molar-refractivity contribution in [1.29, 1.82) is 0 Å². The highest BCUT2D eigenvalue weighted by molar-refractivity contribution is 7.91. The van der Waals surface area contributed by atoms with Crippen molar-refractivity contribution in [2.45, 2.75) is 37.4 Å². The van der Waals surface area contributed by atoms with E-state index in [2.05, 4.69) is 10.2 Å². The molecule has 0 saturated carbocycles. The van der Waals surface area contributed by atoms with E-state index >= 15 is 0 Å². The molecule has 1 aliphatic heterocycles. The Balaban J connectivity index is 1.56. The van der Waals surface area contributed by atoms with Crippen LogP contribution in [0.5, 0.6) is 5.75 Å². The highest BCUT2D eigenvalue weighted by Crippen LogP contribution is 2.37. The molecular weight excluding hydrogens is 506 g/mol. The van der Waals surface area contributed by atoms with Gasteiger partial charge >= 0.3 is 0 Å². The van der Waals surface area contributed by atoms with Gasteiger partial charge in [0.15, 0.2) is 16.1 Å². The predicted molar refractivity (Wildman–Crippen MR) is 145 cm³/mol. The topological polar surface area (TPSA) is 113 Å². The molecule has 1 saturated heterocycles. The molecule has 1 aliphatic rings. The van der Waals surface area contributed by atoms with Crippen molar-refractivity contribution < 1.29 is 22.6 Å². The van der Waals surface area contributed by atoms with Crippen LogP contribution in [0, 0.1) is 6.92 Å². The maximum Gasteiger partial charge on any atom is 0.258 e. The molecule has 38 heavy (non-hydrogen) atoms. The largest absolute Gasteiger partial charge is 0.496 e. The van der Waals surface area contributed by atoms with Gasteiger partial charge in [0.05, 0.1) is 30.6 Å². The average Bonchev–Trinajstić information content (AvgIpc) is 3.36. The molecule has 1 atom stereocenters. The van der Waals surface area contributed by atoms with Gasteiger partial charge in [0.25, 0.3) is 5.56 Å². The summed E-state index contributed by atoms with van der Waals surface area (Å²) < 4.78 is 44.9. The van der Waals surface area contributed by atoms with Crippen molar-refractivity contribution in [2.75, 3.05) is 26.1 Å². The Labute approximate surface area is 221 Å². The van der Waals surface area contributed by atoms with Crippen LogP contribution in [0.2, 0.25) is 0 Å². The second-order valence-electron chi connectivity index (χ2n) is 9.48. The monoisotopic (exact) mass is 537 g/mol. The van der Waals surface area contributed by atoms with Gasteiger partial charge in [-0.15, -0.1) is 0 Å². The first kappa shape index (κ1) is 26.1. The van der Waals surface area contributed by atoms with E-state index in [0.29, 0.717) is 34.3 Å². The molecule has 1 fully saturated rings. The van der Waals surface area contributed by atoms with Crippen molar-refractivity contribution >= 4 is 20.6 Å². The number of pyridine rings is 1. The van der Waals surface area contributed by atoms with Gasteiger partial charge in [0.1, 0.15) is 5.75 Å². The van der Waals surface area contributed by atoms with Crippen molar-refractivity contribution in [1.82, 2.24) is 14.8 Å². The van der Waals surface area contributed by atoms with E-state index in [1.807, 2.05) is 19.1 Å². The molecular formula is C28H31N3O6S. The second kappa shape index (κ2) is 10.7. The smallest absolute Gasteiger partial charge is 0.258 e. The zero-order chi connectivity index (χ0) is 26.9. The molecule has 9 nitrogen and oxygen atoms in total. The van der Waals surface area contributed by atoms with Gasteiger partial charge in [-0.3, -0.25) is 9.89 Å². The lowest BCUT2D eigenvalue weighted by Crippen LogP contribution is -2.25. The Bertz CT molecular complexity index is 1630. The summed E-state index contributed by atoms with van der Waals surface area (Å²) in [6.45, 7) is 2.61. The third-order valence-corrected chi connectivity index (χ3v) is 8.61. The number of aromatic nitrogens is 3. The van der Waals surface area contributed by atoms with Crippen LogP contribution in [0.4, 0.5) is 0 Å². The maximum atomic E-state index is 13.3. The molecule has 0 bridgehead atoms. The Kier molecular flexibility index (Phi) is 7.38. The number of aromatic amines is 1. The van der Waals surface area contributed by atoms with Crippen LogP contribution in [0.3, 0.4) is 0 Å². The summed E-state index contributed by atoms with van der Waals surface area (Å²) in [5.74, 6) is 0.331. The first-order chi connectivity index (χ1) is 18.3. The standard InChI is InChI=1S/C28H31N3O6S/c1-18-24(16-29-30-18)19-7-9-21-22(14-19)25(17-31(2)28(21)32)23-15-20(8-10-26(23)35-3)38(33,34)13-12-37-27-6-4-5-11-36-27/h7-10,14-17,27H,4-6,11-13H2,1-3H3,(H,29,30). The zero-order valence-corrected chi connectivity index (χ0v) is 22.5. The molecule has 1 N–H and O–H groups in total. The molecule has 200 valence electrons. The number of fused-ring (bicyclic) bond motifs is 1. The Hall–Kier alpha value is -3.47. The van der Waals surface area contributed by atoms with Crippen LogP contribution >= 0.6 is 0 Å². The van der Waals surface area contributed by atoms with Crippen LogP contribution in [0.15, 0.2) is 58.5 Å². The van der Waals surface area contributed by atoms with Crippen LogP contribution in [-0.2, 0) is 26.4 Å². The van der Waals surface area contributed by atoms with Gasteiger partial charge in [-0.25, -0.2) is 8.42 Å². The molecule has 10 heteroatoms. The summed E-state index contributed by atoms with van der Waals surface area (Å²) in [6, 6.07) is 10.4. The van der Waals surface area contributed by atoms with Crippen molar-refractivity contribution in [3.8, 4) is 28.0 Å². The lowest BCUT2D eigenvalue weighted by Gasteiger charge is -2.22. The quantitative estimate of drug-likeness (QED) is 0.358. The number of nitrogens with zero attached hydrogens (tertiary/aromatic N) is 2. The molecule has 0 amide bonds. The van der Waals surface area contributed by atoms with Gasteiger partial charge < -0.3 is 18.8 Å². The maximum absolute atomic E-state index is 13.3. The summed E-state index contributed by atoms with van der Waals surface area (Å²) in [4.78, 5) is 13.2. The number of benzene rings is 2. The normalized spacial score (nSPS) is 16.1. The summed E-state index contributed by atoms with van der Waals surface area (Å²) in [6.07, 6.45) is 5.88. The second-order valence-corrected chi connectivity index (χ2v) is 11.6. The number of hydrogen-bond donors (Lipinski definition) is 1. The van der Waals surface area contributed by atoms with Crippen molar-refractivity contribution in [3.05, 3.63) is 64.8 Å². The van der Waals surface area contributed by atoms with Crippen LogP contribution in [-0.4, -0.2) is 55.5 Å². The van der Waals surface area contributed by atoms with E-state index in [-0.39, 0.29) is 29.1 Å². The Morgan fingerprint density at radius 1 is 1.11 bits per heavy atom. The molecule has 1 unspecified atom stereocenters. The summed E-state index contributed by atoms with van der Waals surface area (Å²) in [7, 11) is -0.440. The summed E-state index contributed by atoms with van der Waals surface area (Å²) >= 11 is 0. The van der Waals surface area contributed by atoms with Gasteiger partial charge in [0, 0.05) is 47.6 Å². The number of rotatable bonds is 8. The zero-order valence-electron chi connectivity index (χ0n) is 21.7. The van der Waals surface area contributed by atoms with Gasteiger partial charge in [-0.2, -0.15) is 5.10 Å². The molecule has 2 aromatic carbocycles.